The predicted octanol–water partition coefficient (Wildman–Crippen LogP) is 0.861. The largest absolute Gasteiger partial charge is 0.382 e. The van der Waals surface area contributed by atoms with Gasteiger partial charge in [0.15, 0.2) is 5.13 Å². The molecule has 19 heavy (non-hydrogen) atoms. The van der Waals surface area contributed by atoms with Gasteiger partial charge in [0.1, 0.15) is 10.7 Å². The third-order valence-electron chi connectivity index (χ3n) is 2.86. The molecule has 0 aliphatic carbocycles. The third-order valence-corrected chi connectivity index (χ3v) is 4.10. The number of nitrogens with zero attached hydrogens (tertiary/aromatic N) is 3. The van der Waals surface area contributed by atoms with E-state index < -0.39 is 0 Å². The number of hydrogen-bond acceptors (Lipinski definition) is 6. The molecule has 0 fully saturated rings. The zero-order chi connectivity index (χ0) is 14.6. The average Bonchev–Trinajstić information content (AvgIpc) is 2.71. The predicted molar refractivity (Wildman–Crippen MR) is 81.0 cm³/mol. The van der Waals surface area contributed by atoms with Crippen molar-refractivity contribution in [1.82, 2.24) is 15.2 Å². The molecule has 0 saturated heterocycles. The number of likely N-dealkylation sites (N-methyl/N-ethyl adjacent to an activating group) is 1. The molecule has 1 rings (SSSR count). The number of carbonyl (C=O) groups is 1. The number of thiazole rings is 1. The molecule has 0 unspecified atom stereocenters. The summed E-state index contributed by atoms with van der Waals surface area (Å²) in [4.78, 5) is 20.6. The van der Waals surface area contributed by atoms with Gasteiger partial charge in [-0.3, -0.25) is 4.79 Å². The van der Waals surface area contributed by atoms with Gasteiger partial charge in [-0.15, -0.1) is 0 Å². The molecule has 0 spiro atoms. The Balaban J connectivity index is 2.54. The second-order valence-electron chi connectivity index (χ2n) is 4.94. The molecular weight excluding hydrogens is 262 g/mol. The molecule has 0 radical (unpaired) electrons. The molecule has 1 amide bonds. The van der Waals surface area contributed by atoms with E-state index in [1.165, 1.54) is 11.3 Å². The SMILES string of the molecule is CC(C)N(C)CCNC(=O)c1sc(N(C)C)nc1N. The molecule has 6 nitrogen and oxygen atoms in total. The number of nitrogens with one attached hydrogen (secondary N) is 1. The molecule has 1 aromatic rings. The van der Waals surface area contributed by atoms with Gasteiger partial charge in [0.05, 0.1) is 0 Å². The lowest BCUT2D eigenvalue weighted by molar-refractivity contribution is 0.0953. The van der Waals surface area contributed by atoms with Gasteiger partial charge in [0.2, 0.25) is 0 Å². The monoisotopic (exact) mass is 285 g/mol. The lowest BCUT2D eigenvalue weighted by Crippen LogP contribution is -2.36. The molecule has 0 aliphatic heterocycles. The fraction of sp³-hybridized carbons (Fsp3) is 0.667. The molecule has 0 saturated carbocycles. The van der Waals surface area contributed by atoms with E-state index in [-0.39, 0.29) is 5.91 Å². The van der Waals surface area contributed by atoms with E-state index in [4.69, 9.17) is 5.73 Å². The Morgan fingerprint density at radius 1 is 1.42 bits per heavy atom. The van der Waals surface area contributed by atoms with E-state index in [2.05, 4.69) is 29.0 Å². The maximum Gasteiger partial charge on any atom is 0.265 e. The molecule has 1 heterocycles. The van der Waals surface area contributed by atoms with Crippen LogP contribution in [0.1, 0.15) is 23.5 Å². The summed E-state index contributed by atoms with van der Waals surface area (Å²) in [6.07, 6.45) is 0. The minimum Gasteiger partial charge on any atom is -0.382 e. The van der Waals surface area contributed by atoms with Crippen molar-refractivity contribution in [1.29, 1.82) is 0 Å². The standard InChI is InChI=1S/C12H23N5OS/c1-8(2)17(5)7-6-14-11(18)9-10(13)15-12(19-9)16(3)4/h8H,6-7,13H2,1-5H3,(H,14,18). The summed E-state index contributed by atoms with van der Waals surface area (Å²) in [5.41, 5.74) is 5.76. The van der Waals surface area contributed by atoms with Crippen LogP contribution in [0.4, 0.5) is 10.9 Å². The van der Waals surface area contributed by atoms with E-state index in [0.717, 1.165) is 11.7 Å². The highest BCUT2D eigenvalue weighted by molar-refractivity contribution is 7.18. The van der Waals surface area contributed by atoms with Gasteiger partial charge in [-0.05, 0) is 20.9 Å². The van der Waals surface area contributed by atoms with Crippen LogP contribution in [-0.4, -0.2) is 56.1 Å². The number of anilines is 2. The number of rotatable bonds is 6. The fourth-order valence-electron chi connectivity index (χ4n) is 1.36. The highest BCUT2D eigenvalue weighted by Gasteiger charge is 2.16. The van der Waals surface area contributed by atoms with Gasteiger partial charge in [-0.1, -0.05) is 11.3 Å². The lowest BCUT2D eigenvalue weighted by Gasteiger charge is -2.20. The Kier molecular flexibility index (Phi) is 5.56. The van der Waals surface area contributed by atoms with E-state index in [0.29, 0.717) is 23.3 Å². The molecule has 0 atom stereocenters. The summed E-state index contributed by atoms with van der Waals surface area (Å²) in [6, 6.07) is 0.464. The van der Waals surface area contributed by atoms with Crippen molar-refractivity contribution in [3.63, 3.8) is 0 Å². The van der Waals surface area contributed by atoms with Crippen LogP contribution in [0.25, 0.3) is 0 Å². The van der Waals surface area contributed by atoms with Gasteiger partial charge >= 0.3 is 0 Å². The van der Waals surface area contributed by atoms with Crippen molar-refractivity contribution in [2.75, 3.05) is 44.9 Å². The Morgan fingerprint density at radius 3 is 2.53 bits per heavy atom. The summed E-state index contributed by atoms with van der Waals surface area (Å²) in [6.45, 7) is 5.64. The minimum atomic E-state index is -0.153. The number of aromatic nitrogens is 1. The van der Waals surface area contributed by atoms with Gasteiger partial charge in [0, 0.05) is 33.2 Å². The third kappa shape index (κ3) is 4.36. The minimum absolute atomic E-state index is 0.153. The molecule has 108 valence electrons. The normalized spacial score (nSPS) is 11.1. The van der Waals surface area contributed by atoms with Gasteiger partial charge < -0.3 is 20.9 Å². The molecular formula is C12H23N5OS. The van der Waals surface area contributed by atoms with Crippen LogP contribution in [-0.2, 0) is 0 Å². The maximum atomic E-state index is 12.0. The number of hydrogen-bond donors (Lipinski definition) is 2. The van der Waals surface area contributed by atoms with E-state index in [1.54, 1.807) is 0 Å². The highest BCUT2D eigenvalue weighted by Crippen LogP contribution is 2.26. The van der Waals surface area contributed by atoms with Crippen molar-refractivity contribution in [2.45, 2.75) is 19.9 Å². The first-order valence-corrected chi connectivity index (χ1v) is 7.06. The second kappa shape index (κ2) is 6.72. The number of amides is 1. The Bertz CT molecular complexity index is 430. The first kappa shape index (κ1) is 15.7. The number of carbonyl (C=O) groups excluding carboxylic acids is 1. The van der Waals surface area contributed by atoms with E-state index in [9.17, 15) is 4.79 Å². The fourth-order valence-corrected chi connectivity index (χ4v) is 2.18. The second-order valence-corrected chi connectivity index (χ2v) is 5.91. The average molecular weight is 285 g/mol. The van der Waals surface area contributed by atoms with Crippen LogP contribution in [0, 0.1) is 0 Å². The molecule has 0 bridgehead atoms. The topological polar surface area (TPSA) is 74.5 Å². The summed E-state index contributed by atoms with van der Waals surface area (Å²) < 4.78 is 0. The lowest BCUT2D eigenvalue weighted by atomic mass is 10.3. The Hall–Kier alpha value is -1.34. The highest BCUT2D eigenvalue weighted by atomic mass is 32.1. The van der Waals surface area contributed by atoms with Crippen LogP contribution in [0.5, 0.6) is 0 Å². The van der Waals surface area contributed by atoms with Crippen LogP contribution < -0.4 is 16.0 Å². The maximum absolute atomic E-state index is 12.0. The van der Waals surface area contributed by atoms with E-state index in [1.807, 2.05) is 26.0 Å². The van der Waals surface area contributed by atoms with Gasteiger partial charge in [0.25, 0.3) is 5.91 Å². The summed E-state index contributed by atoms with van der Waals surface area (Å²) >= 11 is 1.31. The van der Waals surface area contributed by atoms with Gasteiger partial charge in [-0.2, -0.15) is 0 Å². The first-order chi connectivity index (χ1) is 8.82. The number of nitrogen functional groups attached to an aromatic ring is 1. The Morgan fingerprint density at radius 2 is 2.05 bits per heavy atom. The molecule has 0 aromatic carbocycles. The molecule has 0 aliphatic rings. The van der Waals surface area contributed by atoms with Crippen LogP contribution >= 0.6 is 11.3 Å². The molecule has 7 heteroatoms. The number of nitrogens with two attached hydrogens (primary N) is 1. The summed E-state index contributed by atoms with van der Waals surface area (Å²) in [5.74, 6) is 0.142. The van der Waals surface area contributed by atoms with Gasteiger partial charge in [-0.25, -0.2) is 4.98 Å². The van der Waals surface area contributed by atoms with Crippen LogP contribution in [0.3, 0.4) is 0 Å². The molecule has 1 aromatic heterocycles. The van der Waals surface area contributed by atoms with Crippen LogP contribution in [0.15, 0.2) is 0 Å². The van der Waals surface area contributed by atoms with Crippen LogP contribution in [0.2, 0.25) is 0 Å². The summed E-state index contributed by atoms with van der Waals surface area (Å²) in [7, 11) is 5.77. The van der Waals surface area contributed by atoms with Crippen molar-refractivity contribution in [3.8, 4) is 0 Å². The first-order valence-electron chi connectivity index (χ1n) is 6.25. The van der Waals surface area contributed by atoms with Crippen molar-refractivity contribution >= 4 is 28.2 Å². The van der Waals surface area contributed by atoms with Crippen molar-refractivity contribution in [3.05, 3.63) is 4.88 Å². The summed E-state index contributed by atoms with van der Waals surface area (Å²) in [5, 5.41) is 3.61. The van der Waals surface area contributed by atoms with Crippen molar-refractivity contribution in [2.24, 2.45) is 0 Å². The Labute approximate surface area is 118 Å². The zero-order valence-electron chi connectivity index (χ0n) is 12.2. The van der Waals surface area contributed by atoms with E-state index >= 15 is 0 Å². The zero-order valence-corrected chi connectivity index (χ0v) is 13.0. The smallest absolute Gasteiger partial charge is 0.265 e. The quantitative estimate of drug-likeness (QED) is 0.811. The molecule has 3 N–H and O–H groups in total. The van der Waals surface area contributed by atoms with Crippen molar-refractivity contribution < 1.29 is 4.79 Å².